The molecule has 1 aromatic heterocycles. The number of ether oxygens (including phenoxy) is 2. The summed E-state index contributed by atoms with van der Waals surface area (Å²) in [5.41, 5.74) is -0.856. The van der Waals surface area contributed by atoms with Crippen LogP contribution >= 0.6 is 0 Å². The number of carbonyl (C=O) groups is 2. The fraction of sp³-hybridized carbons (Fsp3) is 0.500. The van der Waals surface area contributed by atoms with E-state index in [0.29, 0.717) is 0 Å². The summed E-state index contributed by atoms with van der Waals surface area (Å²) < 4.78 is 35.8. The van der Waals surface area contributed by atoms with E-state index in [9.17, 15) is 18.4 Å². The minimum atomic E-state index is -2.95. The van der Waals surface area contributed by atoms with Crippen LogP contribution in [0.3, 0.4) is 0 Å². The predicted octanol–water partition coefficient (Wildman–Crippen LogP) is 2.99. The topological polar surface area (TPSA) is 65.5 Å². The van der Waals surface area contributed by atoms with E-state index in [1.54, 1.807) is 13.8 Å². The Morgan fingerprint density at radius 3 is 1.95 bits per heavy atom. The van der Waals surface area contributed by atoms with E-state index in [2.05, 4.69) is 4.98 Å². The number of halogens is 2. The molecule has 21 heavy (non-hydrogen) atoms. The molecule has 0 saturated carbocycles. The van der Waals surface area contributed by atoms with E-state index in [1.165, 1.54) is 13.8 Å². The molecule has 0 bridgehead atoms. The standard InChI is InChI=1S/C14H17F2NO4/c1-5-20-13(18)9-7(3)10(14(19)21-6-2)11(12(15)16)17-8(9)4/h12H,5-6H2,1-4H3. The van der Waals surface area contributed by atoms with E-state index < -0.39 is 24.1 Å². The fourth-order valence-corrected chi connectivity index (χ4v) is 2.00. The maximum atomic E-state index is 13.1. The van der Waals surface area contributed by atoms with Crippen molar-refractivity contribution in [3.63, 3.8) is 0 Å². The maximum absolute atomic E-state index is 13.1. The molecule has 1 rings (SSSR count). The third kappa shape index (κ3) is 3.53. The van der Waals surface area contributed by atoms with Crippen LogP contribution in [0, 0.1) is 13.8 Å². The molecule has 0 N–H and O–H groups in total. The Labute approximate surface area is 121 Å². The Morgan fingerprint density at radius 2 is 1.52 bits per heavy atom. The van der Waals surface area contributed by atoms with E-state index in [4.69, 9.17) is 9.47 Å². The molecule has 116 valence electrons. The van der Waals surface area contributed by atoms with Gasteiger partial charge in [-0.25, -0.2) is 18.4 Å². The molecule has 0 amide bonds. The molecule has 0 fully saturated rings. The second-order valence-electron chi connectivity index (χ2n) is 4.20. The number of hydrogen-bond acceptors (Lipinski definition) is 5. The average molecular weight is 301 g/mol. The summed E-state index contributed by atoms with van der Waals surface area (Å²) in [7, 11) is 0. The van der Waals surface area contributed by atoms with Gasteiger partial charge in [0.15, 0.2) is 0 Å². The van der Waals surface area contributed by atoms with Crippen molar-refractivity contribution in [3.8, 4) is 0 Å². The zero-order chi connectivity index (χ0) is 16.2. The summed E-state index contributed by atoms with van der Waals surface area (Å²) in [5, 5.41) is 0. The number of esters is 2. The fourth-order valence-electron chi connectivity index (χ4n) is 2.00. The lowest BCUT2D eigenvalue weighted by molar-refractivity contribution is 0.0510. The lowest BCUT2D eigenvalue weighted by Crippen LogP contribution is -2.19. The second-order valence-corrected chi connectivity index (χ2v) is 4.20. The molecule has 0 aliphatic heterocycles. The Balaban J connectivity index is 3.54. The number of pyridine rings is 1. The third-order valence-electron chi connectivity index (χ3n) is 2.82. The number of aromatic nitrogens is 1. The highest BCUT2D eigenvalue weighted by atomic mass is 19.3. The normalized spacial score (nSPS) is 10.6. The molecule has 0 aliphatic carbocycles. The zero-order valence-corrected chi connectivity index (χ0v) is 12.3. The van der Waals surface area contributed by atoms with E-state index in [0.717, 1.165) is 0 Å². The van der Waals surface area contributed by atoms with Crippen LogP contribution in [0.5, 0.6) is 0 Å². The Morgan fingerprint density at radius 1 is 1.05 bits per heavy atom. The lowest BCUT2D eigenvalue weighted by atomic mass is 9.99. The van der Waals surface area contributed by atoms with Gasteiger partial charge in [-0.15, -0.1) is 0 Å². The van der Waals surface area contributed by atoms with Crippen molar-refractivity contribution in [3.05, 3.63) is 28.1 Å². The molecule has 0 spiro atoms. The van der Waals surface area contributed by atoms with Crippen LogP contribution in [-0.2, 0) is 9.47 Å². The molecule has 0 unspecified atom stereocenters. The van der Waals surface area contributed by atoms with Crippen LogP contribution in [0.2, 0.25) is 0 Å². The van der Waals surface area contributed by atoms with Gasteiger partial charge in [-0.3, -0.25) is 4.98 Å². The Kier molecular flexibility index (Phi) is 5.75. The lowest BCUT2D eigenvalue weighted by Gasteiger charge is -2.15. The molecule has 0 aliphatic rings. The van der Waals surface area contributed by atoms with Gasteiger partial charge >= 0.3 is 11.9 Å². The summed E-state index contributed by atoms with van der Waals surface area (Å²) in [6, 6.07) is 0. The number of carbonyl (C=O) groups excluding carboxylic acids is 2. The molecule has 5 nitrogen and oxygen atoms in total. The quantitative estimate of drug-likeness (QED) is 0.782. The molecule has 0 radical (unpaired) electrons. The maximum Gasteiger partial charge on any atom is 0.340 e. The Hall–Kier alpha value is -2.05. The van der Waals surface area contributed by atoms with Gasteiger partial charge in [0, 0.05) is 0 Å². The van der Waals surface area contributed by atoms with Crippen LogP contribution in [0.4, 0.5) is 8.78 Å². The van der Waals surface area contributed by atoms with E-state index in [-0.39, 0.29) is 35.6 Å². The van der Waals surface area contributed by atoms with Gasteiger partial charge < -0.3 is 9.47 Å². The second kappa shape index (κ2) is 7.10. The SMILES string of the molecule is CCOC(=O)c1c(C)nc(C(F)F)c(C(=O)OCC)c1C. The largest absolute Gasteiger partial charge is 0.462 e. The highest BCUT2D eigenvalue weighted by molar-refractivity contribution is 5.99. The molecular formula is C14H17F2NO4. The average Bonchev–Trinajstić information content (AvgIpc) is 2.38. The first-order valence-corrected chi connectivity index (χ1v) is 6.48. The molecule has 7 heteroatoms. The molecular weight excluding hydrogens is 284 g/mol. The minimum Gasteiger partial charge on any atom is -0.462 e. The van der Waals surface area contributed by atoms with E-state index >= 15 is 0 Å². The summed E-state index contributed by atoms with van der Waals surface area (Å²) in [5.74, 6) is -1.63. The first-order valence-electron chi connectivity index (χ1n) is 6.48. The van der Waals surface area contributed by atoms with Crippen molar-refractivity contribution in [2.24, 2.45) is 0 Å². The van der Waals surface area contributed by atoms with Crippen LogP contribution < -0.4 is 0 Å². The van der Waals surface area contributed by atoms with Crippen molar-refractivity contribution >= 4 is 11.9 Å². The summed E-state index contributed by atoms with van der Waals surface area (Å²) in [6.07, 6.45) is -2.95. The Bertz CT molecular complexity index is 558. The van der Waals surface area contributed by atoms with Gasteiger partial charge in [0.2, 0.25) is 0 Å². The molecule has 0 saturated heterocycles. The van der Waals surface area contributed by atoms with Gasteiger partial charge in [-0.1, -0.05) is 0 Å². The molecule has 1 aromatic rings. The molecule has 1 heterocycles. The van der Waals surface area contributed by atoms with Crippen molar-refractivity contribution < 1.29 is 27.8 Å². The van der Waals surface area contributed by atoms with Crippen molar-refractivity contribution in [2.75, 3.05) is 13.2 Å². The van der Waals surface area contributed by atoms with Crippen LogP contribution in [0.1, 0.15) is 57.9 Å². The van der Waals surface area contributed by atoms with Gasteiger partial charge in [0.05, 0.1) is 30.0 Å². The van der Waals surface area contributed by atoms with Crippen LogP contribution in [0.15, 0.2) is 0 Å². The van der Waals surface area contributed by atoms with Crippen molar-refractivity contribution in [1.29, 1.82) is 0 Å². The van der Waals surface area contributed by atoms with Gasteiger partial charge in [0.1, 0.15) is 5.69 Å². The molecule has 0 atom stereocenters. The van der Waals surface area contributed by atoms with Gasteiger partial charge in [-0.05, 0) is 33.3 Å². The smallest absolute Gasteiger partial charge is 0.340 e. The van der Waals surface area contributed by atoms with Crippen LogP contribution in [0.25, 0.3) is 0 Å². The monoisotopic (exact) mass is 301 g/mol. The van der Waals surface area contributed by atoms with Crippen LogP contribution in [-0.4, -0.2) is 30.1 Å². The summed E-state index contributed by atoms with van der Waals surface area (Å²) in [6.45, 7) is 6.16. The highest BCUT2D eigenvalue weighted by Crippen LogP contribution is 2.28. The number of rotatable bonds is 5. The number of nitrogens with zero attached hydrogens (tertiary/aromatic N) is 1. The van der Waals surface area contributed by atoms with Crippen molar-refractivity contribution in [1.82, 2.24) is 4.98 Å². The number of aryl methyl sites for hydroxylation is 1. The summed E-state index contributed by atoms with van der Waals surface area (Å²) >= 11 is 0. The number of hydrogen-bond donors (Lipinski definition) is 0. The highest BCUT2D eigenvalue weighted by Gasteiger charge is 2.29. The summed E-state index contributed by atoms with van der Waals surface area (Å²) in [4.78, 5) is 27.5. The molecule has 0 aromatic carbocycles. The third-order valence-corrected chi connectivity index (χ3v) is 2.82. The number of alkyl halides is 2. The van der Waals surface area contributed by atoms with Crippen molar-refractivity contribution in [2.45, 2.75) is 34.1 Å². The van der Waals surface area contributed by atoms with E-state index in [1.807, 2.05) is 0 Å². The van der Waals surface area contributed by atoms with Gasteiger partial charge in [-0.2, -0.15) is 0 Å². The first-order chi connectivity index (χ1) is 9.84. The first kappa shape index (κ1) is 17.0. The minimum absolute atomic E-state index is 0.0179. The van der Waals surface area contributed by atoms with Gasteiger partial charge in [0.25, 0.3) is 6.43 Å². The predicted molar refractivity (Wildman–Crippen MR) is 70.6 cm³/mol. The zero-order valence-electron chi connectivity index (χ0n) is 12.3.